The zero-order valence-electron chi connectivity index (χ0n) is 18.6. The molecule has 11 atom stereocenters. The van der Waals surface area contributed by atoms with Crippen LogP contribution in [-0.2, 0) is 10.1 Å². The second-order valence-electron chi connectivity index (χ2n) is 11.6. The second kappa shape index (κ2) is 7.68. The van der Waals surface area contributed by atoms with E-state index in [0.29, 0.717) is 18.8 Å². The first-order chi connectivity index (χ1) is 13.9. The number of rotatable bonds is 4. The highest BCUT2D eigenvalue weighted by Gasteiger charge is 2.65. The lowest BCUT2D eigenvalue weighted by atomic mass is 9.43. The van der Waals surface area contributed by atoms with Crippen molar-refractivity contribution in [3.05, 3.63) is 0 Å². The van der Waals surface area contributed by atoms with Crippen LogP contribution in [0.3, 0.4) is 0 Å². The van der Waals surface area contributed by atoms with Crippen molar-refractivity contribution in [1.29, 1.82) is 0 Å². The molecule has 0 aromatic carbocycles. The minimum absolute atomic E-state index is 0.0557. The van der Waals surface area contributed by atoms with Crippen LogP contribution < -0.4 is 0 Å². The highest BCUT2D eigenvalue weighted by atomic mass is 32.2. The maximum Gasteiger partial charge on any atom is 0.264 e. The van der Waals surface area contributed by atoms with Crippen LogP contribution in [0.25, 0.3) is 0 Å². The molecule has 30 heavy (non-hydrogen) atoms. The van der Waals surface area contributed by atoms with E-state index in [1.165, 1.54) is 0 Å². The third-order valence-corrected chi connectivity index (χ3v) is 11.1. The number of fused-ring (bicyclic) bond motifs is 5. The van der Waals surface area contributed by atoms with Crippen LogP contribution in [0.4, 0.5) is 0 Å². The molecule has 0 spiro atoms. The SMILES string of the molecule is C[C@H](CCS(=O)(=O)O)[C@H]1CC[C@H]2[C@@H]3[C@H](O)CC4C[C@H](O)CC[C@]4(C)[C@H]3C[C@H](O)[C@]12C. The molecule has 0 saturated heterocycles. The molecule has 4 saturated carbocycles. The first kappa shape index (κ1) is 23.0. The van der Waals surface area contributed by atoms with Crippen molar-refractivity contribution < 1.29 is 28.3 Å². The van der Waals surface area contributed by atoms with Gasteiger partial charge in [-0.15, -0.1) is 0 Å². The third-order valence-electron chi connectivity index (χ3n) is 10.4. The Hall–Kier alpha value is -0.210. The fourth-order valence-electron chi connectivity index (χ4n) is 8.67. The first-order valence-electron chi connectivity index (χ1n) is 11.9. The van der Waals surface area contributed by atoms with Gasteiger partial charge in [0.15, 0.2) is 0 Å². The molecule has 4 N–H and O–H groups in total. The van der Waals surface area contributed by atoms with E-state index in [-0.39, 0.29) is 52.3 Å². The molecule has 0 radical (unpaired) electrons. The summed E-state index contributed by atoms with van der Waals surface area (Å²) in [5.74, 6) is 0.989. The lowest BCUT2D eigenvalue weighted by molar-refractivity contribution is -0.206. The highest BCUT2D eigenvalue weighted by molar-refractivity contribution is 7.85. The Morgan fingerprint density at radius 1 is 1.00 bits per heavy atom. The zero-order chi connectivity index (χ0) is 22.1. The molecule has 0 aromatic rings. The lowest BCUT2D eigenvalue weighted by Crippen LogP contribution is -2.62. The largest absolute Gasteiger partial charge is 0.393 e. The number of hydrogen-bond donors (Lipinski definition) is 4. The van der Waals surface area contributed by atoms with Crippen LogP contribution in [0.1, 0.15) is 72.1 Å². The summed E-state index contributed by atoms with van der Waals surface area (Å²) in [6.07, 6.45) is 5.06. The summed E-state index contributed by atoms with van der Waals surface area (Å²) in [6.45, 7) is 6.52. The van der Waals surface area contributed by atoms with E-state index < -0.39 is 22.3 Å². The molecule has 0 heterocycles. The van der Waals surface area contributed by atoms with Gasteiger partial charge in [0.1, 0.15) is 0 Å². The summed E-state index contributed by atoms with van der Waals surface area (Å²) < 4.78 is 31.7. The molecule has 0 amide bonds. The Morgan fingerprint density at radius 3 is 2.37 bits per heavy atom. The fraction of sp³-hybridized carbons (Fsp3) is 1.00. The lowest BCUT2D eigenvalue weighted by Gasteiger charge is -2.63. The van der Waals surface area contributed by atoms with Gasteiger partial charge in [-0.05, 0) is 97.7 Å². The molecular formula is C23H40O6S. The van der Waals surface area contributed by atoms with Crippen LogP contribution >= 0.6 is 0 Å². The Labute approximate surface area is 181 Å². The van der Waals surface area contributed by atoms with E-state index in [0.717, 1.165) is 38.5 Å². The molecule has 4 fully saturated rings. The topological polar surface area (TPSA) is 115 Å². The zero-order valence-corrected chi connectivity index (χ0v) is 19.4. The maximum atomic E-state index is 11.5. The van der Waals surface area contributed by atoms with Crippen molar-refractivity contribution in [3.8, 4) is 0 Å². The standard InChI is InChI=1S/C23H40O6S/c1-13(7-9-30(27,28)29)16-4-5-17-21-18(12-20(26)23(16,17)3)22(2)8-6-15(24)10-14(22)11-19(21)25/h13-21,24-26H,4-12H2,1-3H3,(H,27,28,29)/t13-,14?,15-,16-,17+,18+,19-,20+,21+,22+,23-/m1/s1. The van der Waals surface area contributed by atoms with Gasteiger partial charge in [-0.25, -0.2) is 0 Å². The number of aliphatic hydroxyl groups excluding tert-OH is 3. The number of aliphatic hydroxyl groups is 3. The molecule has 0 aliphatic heterocycles. The van der Waals surface area contributed by atoms with Gasteiger partial charge in [-0.1, -0.05) is 20.8 Å². The first-order valence-corrected chi connectivity index (χ1v) is 13.5. The van der Waals surface area contributed by atoms with E-state index in [1.54, 1.807) is 0 Å². The normalized spacial score (nSPS) is 52.2. The smallest absolute Gasteiger partial charge is 0.264 e. The van der Waals surface area contributed by atoms with E-state index in [1.807, 2.05) is 6.92 Å². The Morgan fingerprint density at radius 2 is 1.70 bits per heavy atom. The van der Waals surface area contributed by atoms with E-state index in [2.05, 4.69) is 13.8 Å². The molecule has 7 heteroatoms. The second-order valence-corrected chi connectivity index (χ2v) is 13.1. The van der Waals surface area contributed by atoms with Crippen LogP contribution in [0.2, 0.25) is 0 Å². The average molecular weight is 445 g/mol. The predicted molar refractivity (Wildman–Crippen MR) is 114 cm³/mol. The van der Waals surface area contributed by atoms with Gasteiger partial charge in [0.2, 0.25) is 0 Å². The van der Waals surface area contributed by atoms with Crippen LogP contribution in [0, 0.1) is 46.3 Å². The maximum absolute atomic E-state index is 11.5. The van der Waals surface area contributed by atoms with E-state index in [9.17, 15) is 28.3 Å². The molecule has 0 aromatic heterocycles. The van der Waals surface area contributed by atoms with Crippen molar-refractivity contribution in [3.63, 3.8) is 0 Å². The van der Waals surface area contributed by atoms with Gasteiger partial charge in [0.05, 0.1) is 24.1 Å². The third kappa shape index (κ3) is 3.57. The summed E-state index contributed by atoms with van der Waals surface area (Å²) in [5.41, 5.74) is -0.279. The van der Waals surface area contributed by atoms with Crippen molar-refractivity contribution in [2.45, 2.75) is 90.4 Å². The summed E-state index contributed by atoms with van der Waals surface area (Å²) >= 11 is 0. The van der Waals surface area contributed by atoms with Gasteiger partial charge in [-0.2, -0.15) is 8.42 Å². The molecule has 0 bridgehead atoms. The van der Waals surface area contributed by atoms with Gasteiger partial charge in [0, 0.05) is 0 Å². The highest BCUT2D eigenvalue weighted by Crippen LogP contribution is 2.68. The Balaban J connectivity index is 1.60. The quantitative estimate of drug-likeness (QED) is 0.496. The Kier molecular flexibility index (Phi) is 5.88. The van der Waals surface area contributed by atoms with Crippen molar-refractivity contribution in [1.82, 2.24) is 0 Å². The summed E-state index contributed by atoms with van der Waals surface area (Å²) in [7, 11) is -3.99. The molecule has 4 rings (SSSR count). The van der Waals surface area contributed by atoms with Crippen LogP contribution in [-0.4, -0.2) is 52.4 Å². The van der Waals surface area contributed by atoms with Crippen LogP contribution in [0.5, 0.6) is 0 Å². The van der Waals surface area contributed by atoms with Gasteiger partial charge in [-0.3, -0.25) is 4.55 Å². The summed E-state index contributed by atoms with van der Waals surface area (Å²) in [6, 6.07) is 0. The summed E-state index contributed by atoms with van der Waals surface area (Å²) in [5, 5.41) is 32.9. The fourth-order valence-corrected chi connectivity index (χ4v) is 9.34. The van der Waals surface area contributed by atoms with Crippen LogP contribution in [0.15, 0.2) is 0 Å². The van der Waals surface area contributed by atoms with Crippen molar-refractivity contribution in [2.75, 3.05) is 5.75 Å². The minimum Gasteiger partial charge on any atom is -0.393 e. The monoisotopic (exact) mass is 444 g/mol. The molecule has 6 nitrogen and oxygen atoms in total. The van der Waals surface area contributed by atoms with Gasteiger partial charge in [0.25, 0.3) is 10.1 Å². The molecular weight excluding hydrogens is 404 g/mol. The Bertz CT molecular complexity index is 755. The summed E-state index contributed by atoms with van der Waals surface area (Å²) in [4.78, 5) is 0. The minimum atomic E-state index is -3.99. The average Bonchev–Trinajstić information content (AvgIpc) is 3.00. The molecule has 1 unspecified atom stereocenters. The van der Waals surface area contributed by atoms with Crippen molar-refractivity contribution >= 4 is 10.1 Å². The van der Waals surface area contributed by atoms with E-state index in [4.69, 9.17) is 0 Å². The predicted octanol–water partition coefficient (Wildman–Crippen LogP) is 2.86. The molecule has 4 aliphatic carbocycles. The molecule has 4 aliphatic rings. The van der Waals surface area contributed by atoms with Gasteiger partial charge < -0.3 is 15.3 Å². The molecule has 174 valence electrons. The van der Waals surface area contributed by atoms with Crippen molar-refractivity contribution in [2.24, 2.45) is 46.3 Å². The number of hydrogen-bond acceptors (Lipinski definition) is 5. The van der Waals surface area contributed by atoms with E-state index >= 15 is 0 Å². The van der Waals surface area contributed by atoms with Gasteiger partial charge >= 0.3 is 0 Å².